The van der Waals surface area contributed by atoms with Crippen molar-refractivity contribution in [2.45, 2.75) is 26.8 Å². The first-order valence-electron chi connectivity index (χ1n) is 6.88. The Kier molecular flexibility index (Phi) is 5.42. The maximum Gasteiger partial charge on any atom is 0.128 e. The average Bonchev–Trinajstić information content (AvgIpc) is 2.35. The molecule has 1 atom stereocenters. The molecule has 112 valence electrons. The van der Waals surface area contributed by atoms with Crippen molar-refractivity contribution in [2.75, 3.05) is 6.54 Å². The first-order valence-corrected chi connectivity index (χ1v) is 8.05. The smallest absolute Gasteiger partial charge is 0.128 e. The molecule has 1 unspecified atom stereocenters. The highest BCUT2D eigenvalue weighted by atomic mass is 79.9. The summed E-state index contributed by atoms with van der Waals surface area (Å²) >= 11 is 9.58. The first kappa shape index (κ1) is 16.5. The van der Waals surface area contributed by atoms with Crippen molar-refractivity contribution < 1.29 is 4.39 Å². The van der Waals surface area contributed by atoms with Gasteiger partial charge < -0.3 is 5.32 Å². The van der Waals surface area contributed by atoms with Gasteiger partial charge in [-0.1, -0.05) is 40.5 Å². The lowest BCUT2D eigenvalue weighted by atomic mass is 9.93. The van der Waals surface area contributed by atoms with Gasteiger partial charge in [-0.25, -0.2) is 4.39 Å². The van der Waals surface area contributed by atoms with Gasteiger partial charge in [0.15, 0.2) is 0 Å². The van der Waals surface area contributed by atoms with E-state index in [2.05, 4.69) is 21.2 Å². The number of nitrogens with one attached hydrogen (secondary N) is 1. The molecule has 4 heteroatoms. The third kappa shape index (κ3) is 3.85. The van der Waals surface area contributed by atoms with E-state index in [0.29, 0.717) is 10.6 Å². The van der Waals surface area contributed by atoms with E-state index in [1.54, 1.807) is 6.07 Å². The van der Waals surface area contributed by atoms with Gasteiger partial charge in [-0.05, 0) is 61.3 Å². The summed E-state index contributed by atoms with van der Waals surface area (Å²) in [6, 6.07) is 9.03. The monoisotopic (exact) mass is 369 g/mol. The Balaban J connectivity index is 2.58. The van der Waals surface area contributed by atoms with Crippen molar-refractivity contribution in [3.8, 4) is 0 Å². The van der Waals surface area contributed by atoms with Crippen LogP contribution >= 0.6 is 27.5 Å². The lowest BCUT2D eigenvalue weighted by Gasteiger charge is -2.22. The van der Waals surface area contributed by atoms with Gasteiger partial charge in [0.2, 0.25) is 0 Å². The molecule has 2 aromatic carbocycles. The third-order valence-electron chi connectivity index (χ3n) is 3.40. The van der Waals surface area contributed by atoms with Gasteiger partial charge in [0.25, 0.3) is 0 Å². The molecule has 0 fully saturated rings. The maximum absolute atomic E-state index is 14.5. The van der Waals surface area contributed by atoms with Gasteiger partial charge in [-0.3, -0.25) is 0 Å². The number of hydrogen-bond acceptors (Lipinski definition) is 1. The molecule has 2 rings (SSSR count). The fourth-order valence-corrected chi connectivity index (χ4v) is 3.51. The average molecular weight is 371 g/mol. The Morgan fingerprint density at radius 1 is 1.19 bits per heavy atom. The summed E-state index contributed by atoms with van der Waals surface area (Å²) in [5, 5.41) is 3.98. The van der Waals surface area contributed by atoms with E-state index in [9.17, 15) is 4.39 Å². The Morgan fingerprint density at radius 2 is 1.90 bits per heavy atom. The van der Waals surface area contributed by atoms with Crippen LogP contribution in [0.5, 0.6) is 0 Å². The van der Waals surface area contributed by atoms with E-state index >= 15 is 0 Å². The second kappa shape index (κ2) is 6.91. The Morgan fingerprint density at radius 3 is 2.48 bits per heavy atom. The lowest BCUT2D eigenvalue weighted by Crippen LogP contribution is -2.24. The first-order chi connectivity index (χ1) is 9.92. The highest BCUT2D eigenvalue weighted by Gasteiger charge is 2.20. The molecule has 0 aliphatic carbocycles. The molecule has 0 spiro atoms. The van der Waals surface area contributed by atoms with Crippen molar-refractivity contribution in [3.05, 3.63) is 67.9 Å². The normalized spacial score (nSPS) is 12.5. The van der Waals surface area contributed by atoms with E-state index in [1.807, 2.05) is 45.0 Å². The SMILES string of the molecule is CCNC(c1cc(Cl)cc(Br)c1)c1c(C)cc(C)cc1F. The molecule has 0 amide bonds. The summed E-state index contributed by atoms with van der Waals surface area (Å²) < 4.78 is 15.4. The van der Waals surface area contributed by atoms with Gasteiger partial charge in [-0.2, -0.15) is 0 Å². The van der Waals surface area contributed by atoms with Crippen LogP contribution in [0.15, 0.2) is 34.8 Å². The summed E-state index contributed by atoms with van der Waals surface area (Å²) in [6.45, 7) is 6.59. The zero-order chi connectivity index (χ0) is 15.6. The second-order valence-corrected chi connectivity index (χ2v) is 6.52. The van der Waals surface area contributed by atoms with Crippen LogP contribution in [0.25, 0.3) is 0 Å². The molecule has 1 nitrogen and oxygen atoms in total. The number of halogens is 3. The highest BCUT2D eigenvalue weighted by Crippen LogP contribution is 2.31. The van der Waals surface area contributed by atoms with Gasteiger partial charge >= 0.3 is 0 Å². The van der Waals surface area contributed by atoms with E-state index in [0.717, 1.165) is 27.7 Å². The highest BCUT2D eigenvalue weighted by molar-refractivity contribution is 9.10. The number of rotatable bonds is 4. The third-order valence-corrected chi connectivity index (χ3v) is 4.07. The summed E-state index contributed by atoms with van der Waals surface area (Å²) in [4.78, 5) is 0. The molecule has 0 aliphatic heterocycles. The molecule has 2 aromatic rings. The number of hydrogen-bond donors (Lipinski definition) is 1. The van der Waals surface area contributed by atoms with Crippen LogP contribution in [0.1, 0.15) is 35.2 Å². The van der Waals surface area contributed by atoms with Crippen LogP contribution < -0.4 is 5.32 Å². The van der Waals surface area contributed by atoms with Crippen molar-refractivity contribution in [2.24, 2.45) is 0 Å². The van der Waals surface area contributed by atoms with Crippen molar-refractivity contribution in [1.82, 2.24) is 5.32 Å². The molecule has 0 bridgehead atoms. The quantitative estimate of drug-likeness (QED) is 0.743. The standard InChI is InChI=1S/C17H18BrClFN/c1-4-21-17(12-7-13(18)9-14(19)8-12)16-11(3)5-10(2)6-15(16)20/h5-9,17,21H,4H2,1-3H3. The van der Waals surface area contributed by atoms with E-state index < -0.39 is 0 Å². The van der Waals surface area contributed by atoms with Gasteiger partial charge in [0.1, 0.15) is 5.82 Å². The van der Waals surface area contributed by atoms with Crippen LogP contribution in [0.3, 0.4) is 0 Å². The number of aryl methyl sites for hydroxylation is 2. The molecule has 0 saturated carbocycles. The molecule has 0 heterocycles. The second-order valence-electron chi connectivity index (χ2n) is 5.17. The molecule has 0 aromatic heterocycles. The van der Waals surface area contributed by atoms with Crippen LogP contribution in [-0.2, 0) is 0 Å². The fourth-order valence-electron chi connectivity index (χ4n) is 2.63. The van der Waals surface area contributed by atoms with Crippen LogP contribution in [0.4, 0.5) is 4.39 Å². The van der Waals surface area contributed by atoms with Crippen LogP contribution in [0, 0.1) is 19.7 Å². The zero-order valence-corrected chi connectivity index (χ0v) is 14.6. The van der Waals surface area contributed by atoms with Gasteiger partial charge in [-0.15, -0.1) is 0 Å². The minimum Gasteiger partial charge on any atom is -0.306 e. The Labute approximate surface area is 138 Å². The minimum absolute atomic E-state index is 0.186. The van der Waals surface area contributed by atoms with E-state index in [1.165, 1.54) is 0 Å². The number of benzene rings is 2. The fraction of sp³-hybridized carbons (Fsp3) is 0.294. The Hall–Kier alpha value is -0.900. The molecule has 0 radical (unpaired) electrons. The molecule has 0 saturated heterocycles. The molecule has 1 N–H and O–H groups in total. The predicted octanol–water partition coefficient (Wildman–Crippen LogP) is 5.56. The topological polar surface area (TPSA) is 12.0 Å². The zero-order valence-electron chi connectivity index (χ0n) is 12.3. The van der Waals surface area contributed by atoms with Gasteiger partial charge in [0, 0.05) is 15.1 Å². The summed E-state index contributed by atoms with van der Waals surface area (Å²) in [5.41, 5.74) is 3.49. The van der Waals surface area contributed by atoms with Gasteiger partial charge in [0.05, 0.1) is 6.04 Å². The molecule has 21 heavy (non-hydrogen) atoms. The summed E-state index contributed by atoms with van der Waals surface area (Å²) in [6.07, 6.45) is 0. The lowest BCUT2D eigenvalue weighted by molar-refractivity contribution is 0.555. The predicted molar refractivity (Wildman–Crippen MR) is 90.5 cm³/mol. The summed E-state index contributed by atoms with van der Waals surface area (Å²) in [7, 11) is 0. The van der Waals surface area contributed by atoms with Crippen molar-refractivity contribution in [1.29, 1.82) is 0 Å². The Bertz CT molecular complexity index is 614. The van der Waals surface area contributed by atoms with Crippen LogP contribution in [0.2, 0.25) is 5.02 Å². The summed E-state index contributed by atoms with van der Waals surface area (Å²) in [5.74, 6) is -0.186. The van der Waals surface area contributed by atoms with Crippen molar-refractivity contribution >= 4 is 27.5 Å². The minimum atomic E-state index is -0.217. The van der Waals surface area contributed by atoms with Crippen LogP contribution in [-0.4, -0.2) is 6.54 Å². The molecular formula is C17H18BrClFN. The van der Waals surface area contributed by atoms with Crippen molar-refractivity contribution in [3.63, 3.8) is 0 Å². The van der Waals surface area contributed by atoms with E-state index in [4.69, 9.17) is 11.6 Å². The maximum atomic E-state index is 14.5. The largest absolute Gasteiger partial charge is 0.306 e. The molecular weight excluding hydrogens is 353 g/mol. The molecule has 0 aliphatic rings. The van der Waals surface area contributed by atoms with E-state index in [-0.39, 0.29) is 11.9 Å².